The molecule has 2 saturated heterocycles. The average molecular weight is 386 g/mol. The predicted molar refractivity (Wildman–Crippen MR) is 111 cm³/mol. The van der Waals surface area contributed by atoms with Gasteiger partial charge in [-0.25, -0.2) is 4.98 Å². The Balaban J connectivity index is 1.57. The highest BCUT2D eigenvalue weighted by Gasteiger charge is 2.26. The number of ether oxygens (including phenoxy) is 1. The summed E-state index contributed by atoms with van der Waals surface area (Å²) in [5, 5.41) is 1.01. The second-order valence-electron chi connectivity index (χ2n) is 7.55. The van der Waals surface area contributed by atoms with Crippen molar-refractivity contribution in [2.24, 2.45) is 0 Å². The van der Waals surface area contributed by atoms with Crippen LogP contribution in [0.25, 0.3) is 10.9 Å². The van der Waals surface area contributed by atoms with Crippen molar-refractivity contribution in [1.82, 2.24) is 14.8 Å². The molecule has 1 atom stereocenters. The lowest BCUT2D eigenvalue weighted by Gasteiger charge is -2.26. The fraction of sp³-hybridized carbons (Fsp3) is 0.524. The molecule has 4 rings (SSSR count). The molecule has 0 aliphatic carbocycles. The topological polar surface area (TPSA) is 45.7 Å². The summed E-state index contributed by atoms with van der Waals surface area (Å²) in [5.74, 6) is 2.81. The summed E-state index contributed by atoms with van der Waals surface area (Å²) in [6.45, 7) is 8.05. The molecule has 2 fully saturated rings. The highest BCUT2D eigenvalue weighted by molar-refractivity contribution is 7.99. The Morgan fingerprint density at radius 1 is 1.19 bits per heavy atom. The maximum absolute atomic E-state index is 12.8. The first-order valence-electron chi connectivity index (χ1n) is 9.79. The van der Waals surface area contributed by atoms with Gasteiger partial charge in [-0.05, 0) is 32.4 Å². The van der Waals surface area contributed by atoms with Crippen molar-refractivity contribution in [2.45, 2.75) is 32.4 Å². The molecule has 3 heterocycles. The van der Waals surface area contributed by atoms with Crippen LogP contribution in [0.4, 0.5) is 0 Å². The first kappa shape index (κ1) is 18.6. The zero-order valence-corrected chi connectivity index (χ0v) is 16.9. The van der Waals surface area contributed by atoms with Crippen LogP contribution in [0.2, 0.25) is 0 Å². The van der Waals surface area contributed by atoms with E-state index < -0.39 is 0 Å². The fourth-order valence-electron chi connectivity index (χ4n) is 3.76. The number of fused-ring (bicyclic) bond motifs is 1. The lowest BCUT2D eigenvalue weighted by Crippen LogP contribution is -2.38. The number of pyridine rings is 1. The second-order valence-corrected chi connectivity index (χ2v) is 8.77. The van der Waals surface area contributed by atoms with E-state index in [1.807, 2.05) is 47.0 Å². The number of thioether (sulfide) groups is 1. The highest BCUT2D eigenvalue weighted by atomic mass is 32.2. The Bertz CT molecular complexity index is 820. The smallest absolute Gasteiger partial charge is 0.272 e. The minimum absolute atomic E-state index is 0.0267. The summed E-state index contributed by atoms with van der Waals surface area (Å²) in [6, 6.07) is 10.4. The maximum Gasteiger partial charge on any atom is 0.272 e. The molecular weight excluding hydrogens is 358 g/mol. The molecular formula is C21H27N3O2S. The van der Waals surface area contributed by atoms with E-state index in [-0.39, 0.29) is 12.0 Å². The van der Waals surface area contributed by atoms with E-state index in [4.69, 9.17) is 9.72 Å². The maximum atomic E-state index is 12.8. The monoisotopic (exact) mass is 385 g/mol. The number of nitrogens with zero attached hydrogens (tertiary/aromatic N) is 3. The molecule has 1 aromatic heterocycles. The largest absolute Gasteiger partial charge is 0.487 e. The van der Waals surface area contributed by atoms with E-state index in [9.17, 15) is 4.79 Å². The first-order valence-corrected chi connectivity index (χ1v) is 10.9. The van der Waals surface area contributed by atoms with Crippen LogP contribution in [0.5, 0.6) is 5.75 Å². The van der Waals surface area contributed by atoms with Gasteiger partial charge in [0.15, 0.2) is 0 Å². The van der Waals surface area contributed by atoms with Crippen molar-refractivity contribution >= 4 is 28.6 Å². The van der Waals surface area contributed by atoms with Gasteiger partial charge in [-0.1, -0.05) is 18.2 Å². The number of para-hydroxylation sites is 1. The number of benzene rings is 1. The molecule has 0 bridgehead atoms. The summed E-state index contributed by atoms with van der Waals surface area (Å²) < 4.78 is 6.32. The molecule has 1 aromatic carbocycles. The standard InChI is InChI=1S/C21H27N3O2S/c1-15(2)24-9-8-17(14-24)26-19-5-3-4-16-6-7-18(22-20(16)19)21(25)23-10-12-27-13-11-23/h3-7,15,17H,8-14H2,1-2H3. The third kappa shape index (κ3) is 4.06. The van der Waals surface area contributed by atoms with Gasteiger partial charge in [-0.15, -0.1) is 0 Å². The normalized spacial score (nSPS) is 21.1. The van der Waals surface area contributed by atoms with E-state index in [0.29, 0.717) is 11.7 Å². The molecule has 27 heavy (non-hydrogen) atoms. The molecule has 6 heteroatoms. The zero-order valence-electron chi connectivity index (χ0n) is 16.1. The Hall–Kier alpha value is -1.79. The van der Waals surface area contributed by atoms with E-state index in [0.717, 1.165) is 60.8 Å². The number of amides is 1. The number of likely N-dealkylation sites (tertiary alicyclic amines) is 1. The number of carbonyl (C=O) groups is 1. The number of hydrogen-bond acceptors (Lipinski definition) is 5. The molecule has 2 aliphatic heterocycles. The number of aromatic nitrogens is 1. The van der Waals surface area contributed by atoms with Crippen molar-refractivity contribution < 1.29 is 9.53 Å². The Morgan fingerprint density at radius 3 is 2.74 bits per heavy atom. The number of carbonyl (C=O) groups excluding carboxylic acids is 1. The Labute approximate surface area is 165 Å². The Kier molecular flexibility index (Phi) is 5.55. The minimum atomic E-state index is 0.0267. The first-order chi connectivity index (χ1) is 13.1. The van der Waals surface area contributed by atoms with Gasteiger partial charge in [-0.3, -0.25) is 9.69 Å². The van der Waals surface area contributed by atoms with Gasteiger partial charge in [0.1, 0.15) is 23.1 Å². The molecule has 0 saturated carbocycles. The van der Waals surface area contributed by atoms with Crippen molar-refractivity contribution in [3.63, 3.8) is 0 Å². The summed E-state index contributed by atoms with van der Waals surface area (Å²) in [7, 11) is 0. The van der Waals surface area contributed by atoms with Crippen molar-refractivity contribution in [3.8, 4) is 5.75 Å². The zero-order chi connectivity index (χ0) is 18.8. The van der Waals surface area contributed by atoms with E-state index in [1.54, 1.807) is 0 Å². The quantitative estimate of drug-likeness (QED) is 0.808. The van der Waals surface area contributed by atoms with Crippen molar-refractivity contribution in [1.29, 1.82) is 0 Å². The molecule has 0 spiro atoms. The number of hydrogen-bond donors (Lipinski definition) is 0. The molecule has 2 aliphatic rings. The van der Waals surface area contributed by atoms with Crippen LogP contribution in [0, 0.1) is 0 Å². The van der Waals surface area contributed by atoms with Gasteiger partial charge in [0.2, 0.25) is 0 Å². The lowest BCUT2D eigenvalue weighted by atomic mass is 10.1. The number of rotatable bonds is 4. The molecule has 2 aromatic rings. The molecule has 1 amide bonds. The molecule has 0 radical (unpaired) electrons. The lowest BCUT2D eigenvalue weighted by molar-refractivity contribution is 0.0767. The van der Waals surface area contributed by atoms with Crippen molar-refractivity contribution in [2.75, 3.05) is 37.7 Å². The summed E-state index contributed by atoms with van der Waals surface area (Å²) >= 11 is 1.90. The predicted octanol–water partition coefficient (Wildman–Crippen LogP) is 3.29. The summed E-state index contributed by atoms with van der Waals surface area (Å²) in [5.41, 5.74) is 1.30. The third-order valence-electron chi connectivity index (χ3n) is 5.40. The highest BCUT2D eigenvalue weighted by Crippen LogP contribution is 2.27. The van der Waals surface area contributed by atoms with Crippen LogP contribution in [0.15, 0.2) is 30.3 Å². The fourth-order valence-corrected chi connectivity index (χ4v) is 4.66. The van der Waals surface area contributed by atoms with Crippen LogP contribution in [0.1, 0.15) is 30.8 Å². The van der Waals surface area contributed by atoms with E-state index in [1.165, 1.54) is 0 Å². The van der Waals surface area contributed by atoms with Crippen LogP contribution in [-0.2, 0) is 0 Å². The van der Waals surface area contributed by atoms with Crippen molar-refractivity contribution in [3.05, 3.63) is 36.0 Å². The average Bonchev–Trinajstić information content (AvgIpc) is 3.17. The van der Waals surface area contributed by atoms with Crippen LogP contribution in [-0.4, -0.2) is 70.5 Å². The Morgan fingerprint density at radius 2 is 2.00 bits per heavy atom. The van der Waals surface area contributed by atoms with Crippen LogP contribution >= 0.6 is 11.8 Å². The van der Waals surface area contributed by atoms with E-state index >= 15 is 0 Å². The third-order valence-corrected chi connectivity index (χ3v) is 6.34. The van der Waals surface area contributed by atoms with Gasteiger partial charge in [0.25, 0.3) is 5.91 Å². The van der Waals surface area contributed by atoms with Crippen LogP contribution < -0.4 is 4.74 Å². The van der Waals surface area contributed by atoms with Gasteiger partial charge < -0.3 is 9.64 Å². The van der Waals surface area contributed by atoms with Gasteiger partial charge in [0.05, 0.1) is 0 Å². The molecule has 1 unspecified atom stereocenters. The van der Waals surface area contributed by atoms with Gasteiger partial charge in [-0.2, -0.15) is 11.8 Å². The molecule has 5 nitrogen and oxygen atoms in total. The second kappa shape index (κ2) is 8.07. The summed E-state index contributed by atoms with van der Waals surface area (Å²) in [6.07, 6.45) is 1.21. The van der Waals surface area contributed by atoms with Crippen LogP contribution in [0.3, 0.4) is 0 Å². The van der Waals surface area contributed by atoms with Gasteiger partial charge in [0, 0.05) is 49.1 Å². The molecule has 0 N–H and O–H groups in total. The minimum Gasteiger partial charge on any atom is -0.487 e. The van der Waals surface area contributed by atoms with Gasteiger partial charge >= 0.3 is 0 Å². The van der Waals surface area contributed by atoms with E-state index in [2.05, 4.69) is 18.7 Å². The SMILES string of the molecule is CC(C)N1CCC(Oc2cccc3ccc(C(=O)N4CCSCC4)nc23)C1. The molecule has 144 valence electrons. The summed E-state index contributed by atoms with van der Waals surface area (Å²) in [4.78, 5) is 21.9.